The molecule has 1 heterocycles. The van der Waals surface area contributed by atoms with E-state index in [1.807, 2.05) is 14.1 Å². The van der Waals surface area contributed by atoms with Gasteiger partial charge in [0.05, 0.1) is 0 Å². The third-order valence-corrected chi connectivity index (χ3v) is 2.79. The van der Waals surface area contributed by atoms with Gasteiger partial charge in [-0.25, -0.2) is 0 Å². The van der Waals surface area contributed by atoms with Gasteiger partial charge < -0.3 is 9.84 Å². The minimum absolute atomic E-state index is 0.546. The first-order valence-electron chi connectivity index (χ1n) is 4.58. The Kier molecular flexibility index (Phi) is 3.27. The third-order valence-electron chi connectivity index (χ3n) is 2.79. The first-order valence-corrected chi connectivity index (χ1v) is 4.58. The van der Waals surface area contributed by atoms with Crippen LogP contribution in [-0.4, -0.2) is 48.8 Å². The number of rotatable bonds is 2. The van der Waals surface area contributed by atoms with Crippen molar-refractivity contribution in [1.29, 1.82) is 0 Å². The van der Waals surface area contributed by atoms with Crippen LogP contribution in [0, 0.1) is 0 Å². The Morgan fingerprint density at radius 3 is 2.62 bits per heavy atom. The molecular formula is C9H17NO3. The number of carbonyl (C=O) groups is 1. The van der Waals surface area contributed by atoms with Crippen molar-refractivity contribution < 1.29 is 14.6 Å². The van der Waals surface area contributed by atoms with Gasteiger partial charge in [-0.3, -0.25) is 9.69 Å². The number of ether oxygens (including phenoxy) is 1. The lowest BCUT2D eigenvalue weighted by atomic mass is 9.89. The molecule has 0 aromatic carbocycles. The maximum absolute atomic E-state index is 11.2. The van der Waals surface area contributed by atoms with E-state index in [1.165, 1.54) is 0 Å². The fraction of sp³-hybridized carbons (Fsp3) is 0.889. The molecule has 0 bridgehead atoms. The van der Waals surface area contributed by atoms with Crippen molar-refractivity contribution in [1.82, 2.24) is 4.90 Å². The van der Waals surface area contributed by atoms with Crippen LogP contribution < -0.4 is 0 Å². The molecule has 76 valence electrons. The fourth-order valence-electron chi connectivity index (χ4n) is 1.79. The normalized spacial score (nSPS) is 30.1. The summed E-state index contributed by atoms with van der Waals surface area (Å²) in [7, 11) is 3.64. The molecule has 1 fully saturated rings. The van der Waals surface area contributed by atoms with Crippen molar-refractivity contribution in [2.24, 2.45) is 0 Å². The number of hydrogen-bond acceptors (Lipinski definition) is 3. The lowest BCUT2D eigenvalue weighted by Gasteiger charge is -2.34. The molecule has 1 atom stereocenters. The zero-order chi connectivity index (χ0) is 9.90. The molecule has 4 heteroatoms. The summed E-state index contributed by atoms with van der Waals surface area (Å²) in [5.41, 5.74) is -0.712. The smallest absolute Gasteiger partial charge is 0.324 e. The second-order valence-corrected chi connectivity index (χ2v) is 3.70. The second-order valence-electron chi connectivity index (χ2n) is 3.70. The largest absolute Gasteiger partial charge is 0.480 e. The Morgan fingerprint density at radius 2 is 2.08 bits per heavy atom. The number of carboxylic acids is 1. The van der Waals surface area contributed by atoms with Gasteiger partial charge in [0.2, 0.25) is 0 Å². The molecule has 4 nitrogen and oxygen atoms in total. The second kappa shape index (κ2) is 4.07. The molecule has 1 rings (SSSR count). The molecule has 0 saturated carbocycles. The van der Waals surface area contributed by atoms with Gasteiger partial charge in [-0.15, -0.1) is 0 Å². The zero-order valence-electron chi connectivity index (χ0n) is 8.25. The fourth-order valence-corrected chi connectivity index (χ4v) is 1.79. The summed E-state index contributed by atoms with van der Waals surface area (Å²) in [6.45, 7) is 1.23. The van der Waals surface area contributed by atoms with Crippen LogP contribution in [0.25, 0.3) is 0 Å². The highest BCUT2D eigenvalue weighted by atomic mass is 16.5. The molecule has 1 aliphatic rings. The van der Waals surface area contributed by atoms with E-state index in [4.69, 9.17) is 4.74 Å². The molecule has 0 amide bonds. The highest BCUT2D eigenvalue weighted by Crippen LogP contribution is 2.26. The van der Waals surface area contributed by atoms with E-state index in [2.05, 4.69) is 0 Å². The monoisotopic (exact) mass is 187 g/mol. The number of aliphatic carboxylic acids is 1. The van der Waals surface area contributed by atoms with Gasteiger partial charge in [-0.2, -0.15) is 0 Å². The molecule has 1 unspecified atom stereocenters. The Hall–Kier alpha value is -0.610. The van der Waals surface area contributed by atoms with E-state index in [0.29, 0.717) is 26.1 Å². The van der Waals surface area contributed by atoms with Gasteiger partial charge in [0, 0.05) is 13.2 Å². The molecule has 0 radical (unpaired) electrons. The molecule has 1 N–H and O–H groups in total. The molecule has 1 aliphatic heterocycles. The number of nitrogens with zero attached hydrogens (tertiary/aromatic N) is 1. The summed E-state index contributed by atoms with van der Waals surface area (Å²) in [4.78, 5) is 13.0. The van der Waals surface area contributed by atoms with Crippen LogP contribution in [0.1, 0.15) is 19.3 Å². The molecule has 1 saturated heterocycles. The van der Waals surface area contributed by atoms with Crippen molar-refractivity contribution in [3.63, 3.8) is 0 Å². The average molecular weight is 187 g/mol. The number of carboxylic acid groups (broad SMARTS) is 1. The van der Waals surface area contributed by atoms with E-state index in [1.54, 1.807) is 4.90 Å². The van der Waals surface area contributed by atoms with Crippen molar-refractivity contribution in [2.75, 3.05) is 27.3 Å². The first kappa shape index (κ1) is 10.5. The van der Waals surface area contributed by atoms with Crippen LogP contribution in [0.2, 0.25) is 0 Å². The Balaban J connectivity index is 2.80. The molecule has 13 heavy (non-hydrogen) atoms. The lowest BCUT2D eigenvalue weighted by Crippen LogP contribution is -2.51. The topological polar surface area (TPSA) is 49.8 Å². The standard InChI is InChI=1S/C9H17NO3/c1-10(2)9(8(11)12)4-3-6-13-7-5-9/h3-7H2,1-2H3,(H,11,12). The minimum atomic E-state index is -0.733. The summed E-state index contributed by atoms with van der Waals surface area (Å²) < 4.78 is 5.26. The molecule has 0 aromatic rings. The predicted octanol–water partition coefficient (Wildman–Crippen LogP) is 0.572. The highest BCUT2D eigenvalue weighted by molar-refractivity contribution is 5.78. The number of hydrogen-bond donors (Lipinski definition) is 1. The molecular weight excluding hydrogens is 170 g/mol. The van der Waals surface area contributed by atoms with Gasteiger partial charge in [0.1, 0.15) is 5.54 Å². The van der Waals surface area contributed by atoms with Gasteiger partial charge in [0.25, 0.3) is 0 Å². The molecule has 0 aliphatic carbocycles. The van der Waals surface area contributed by atoms with Crippen LogP contribution in [0.15, 0.2) is 0 Å². The summed E-state index contributed by atoms with van der Waals surface area (Å²) in [6, 6.07) is 0. The average Bonchev–Trinajstić information content (AvgIpc) is 2.28. The Labute approximate surface area is 78.5 Å². The van der Waals surface area contributed by atoms with Crippen LogP contribution in [0.4, 0.5) is 0 Å². The summed E-state index contributed by atoms with van der Waals surface area (Å²) >= 11 is 0. The van der Waals surface area contributed by atoms with Crippen molar-refractivity contribution >= 4 is 5.97 Å². The van der Waals surface area contributed by atoms with Crippen molar-refractivity contribution in [3.05, 3.63) is 0 Å². The van der Waals surface area contributed by atoms with Gasteiger partial charge in [0.15, 0.2) is 0 Å². The quantitative estimate of drug-likeness (QED) is 0.686. The van der Waals surface area contributed by atoms with Crippen molar-refractivity contribution in [2.45, 2.75) is 24.8 Å². The maximum Gasteiger partial charge on any atom is 0.324 e. The van der Waals surface area contributed by atoms with E-state index in [-0.39, 0.29) is 0 Å². The van der Waals surface area contributed by atoms with E-state index >= 15 is 0 Å². The summed E-state index contributed by atoms with van der Waals surface area (Å²) in [5.74, 6) is -0.733. The van der Waals surface area contributed by atoms with Crippen LogP contribution >= 0.6 is 0 Å². The Morgan fingerprint density at radius 1 is 1.38 bits per heavy atom. The van der Waals surface area contributed by atoms with Crippen LogP contribution in [0.5, 0.6) is 0 Å². The number of likely N-dealkylation sites (N-methyl/N-ethyl adjacent to an activating group) is 1. The molecule has 0 spiro atoms. The molecule has 0 aromatic heterocycles. The summed E-state index contributed by atoms with van der Waals surface area (Å²) in [5, 5.41) is 9.19. The van der Waals surface area contributed by atoms with Gasteiger partial charge >= 0.3 is 5.97 Å². The van der Waals surface area contributed by atoms with E-state index in [0.717, 1.165) is 6.42 Å². The zero-order valence-corrected chi connectivity index (χ0v) is 8.25. The first-order chi connectivity index (χ1) is 6.09. The SMILES string of the molecule is CN(C)C1(C(=O)O)CCCOCC1. The predicted molar refractivity (Wildman–Crippen MR) is 48.7 cm³/mol. The highest BCUT2D eigenvalue weighted by Gasteiger charge is 2.40. The van der Waals surface area contributed by atoms with Crippen molar-refractivity contribution in [3.8, 4) is 0 Å². The third kappa shape index (κ3) is 2.00. The minimum Gasteiger partial charge on any atom is -0.480 e. The lowest BCUT2D eigenvalue weighted by molar-refractivity contribution is -0.151. The van der Waals surface area contributed by atoms with Crippen LogP contribution in [-0.2, 0) is 9.53 Å². The van der Waals surface area contributed by atoms with E-state index in [9.17, 15) is 9.90 Å². The maximum atomic E-state index is 11.2. The van der Waals surface area contributed by atoms with Gasteiger partial charge in [-0.05, 0) is 33.4 Å². The summed E-state index contributed by atoms with van der Waals surface area (Å²) in [6.07, 6.45) is 2.08. The Bertz CT molecular complexity index is 183. The van der Waals surface area contributed by atoms with E-state index < -0.39 is 11.5 Å². The van der Waals surface area contributed by atoms with Gasteiger partial charge in [-0.1, -0.05) is 0 Å². The van der Waals surface area contributed by atoms with Crippen LogP contribution in [0.3, 0.4) is 0 Å².